The zero-order chi connectivity index (χ0) is 12.3. The molecule has 0 saturated carbocycles. The Hall–Kier alpha value is -2.37. The Kier molecular flexibility index (Phi) is 3.04. The number of nitrogens with two attached hydrogens (primary N) is 1. The molecule has 1 heterocycles. The lowest BCUT2D eigenvalue weighted by Crippen LogP contribution is -2.13. The highest BCUT2D eigenvalue weighted by atomic mass is 16.5. The topological polar surface area (TPSA) is 83.0 Å². The molecule has 2 aromatic rings. The van der Waals surface area contributed by atoms with E-state index in [4.69, 9.17) is 10.5 Å². The van der Waals surface area contributed by atoms with Crippen LogP contribution in [-0.4, -0.2) is 20.7 Å². The van der Waals surface area contributed by atoms with Crippen LogP contribution in [0.4, 0.5) is 0 Å². The van der Waals surface area contributed by atoms with Gasteiger partial charge in [-0.05, 0) is 12.1 Å². The first kappa shape index (κ1) is 11.1. The van der Waals surface area contributed by atoms with Crippen LogP contribution in [0.2, 0.25) is 0 Å². The van der Waals surface area contributed by atoms with E-state index in [1.807, 2.05) is 0 Å². The monoisotopic (exact) mass is 232 g/mol. The molecule has 0 fully saturated rings. The molecule has 0 aliphatic carbocycles. The van der Waals surface area contributed by atoms with E-state index >= 15 is 0 Å². The molecule has 0 aliphatic rings. The number of aromatic nitrogens is 3. The summed E-state index contributed by atoms with van der Waals surface area (Å²) in [5.41, 5.74) is 5.60. The Balaban J connectivity index is 2.14. The van der Waals surface area contributed by atoms with Gasteiger partial charge in [0.05, 0.1) is 5.56 Å². The van der Waals surface area contributed by atoms with Gasteiger partial charge in [0.1, 0.15) is 18.7 Å². The van der Waals surface area contributed by atoms with Crippen molar-refractivity contribution in [2.24, 2.45) is 12.8 Å². The van der Waals surface area contributed by atoms with Gasteiger partial charge in [-0.2, -0.15) is 5.10 Å². The largest absolute Gasteiger partial charge is 0.485 e. The quantitative estimate of drug-likeness (QED) is 0.831. The molecule has 1 amide bonds. The summed E-state index contributed by atoms with van der Waals surface area (Å²) < 4.78 is 7.10. The average molecular weight is 232 g/mol. The average Bonchev–Trinajstić information content (AvgIpc) is 2.72. The fourth-order valence-electron chi connectivity index (χ4n) is 1.39. The fourth-order valence-corrected chi connectivity index (χ4v) is 1.39. The molecule has 0 bridgehead atoms. The van der Waals surface area contributed by atoms with Crippen molar-refractivity contribution < 1.29 is 9.53 Å². The molecule has 0 atom stereocenters. The number of nitrogens with zero attached hydrogens (tertiary/aromatic N) is 3. The van der Waals surface area contributed by atoms with E-state index in [2.05, 4.69) is 10.1 Å². The molecular formula is C11H12N4O2. The van der Waals surface area contributed by atoms with Gasteiger partial charge in [0.2, 0.25) is 0 Å². The van der Waals surface area contributed by atoms with Crippen LogP contribution < -0.4 is 10.5 Å². The second-order valence-electron chi connectivity index (χ2n) is 3.45. The maximum absolute atomic E-state index is 11.2. The van der Waals surface area contributed by atoms with Crippen LogP contribution in [0.1, 0.15) is 16.2 Å². The molecule has 0 saturated heterocycles. The minimum atomic E-state index is -0.515. The van der Waals surface area contributed by atoms with Crippen molar-refractivity contribution in [1.29, 1.82) is 0 Å². The number of rotatable bonds is 4. The molecule has 6 heteroatoms. The number of para-hydroxylation sites is 1. The predicted molar refractivity (Wildman–Crippen MR) is 60.3 cm³/mol. The summed E-state index contributed by atoms with van der Waals surface area (Å²) in [5.74, 6) is 0.603. The zero-order valence-corrected chi connectivity index (χ0v) is 9.33. The number of carbonyl (C=O) groups is 1. The molecule has 88 valence electrons. The second-order valence-corrected chi connectivity index (χ2v) is 3.45. The van der Waals surface area contributed by atoms with E-state index in [-0.39, 0.29) is 6.61 Å². The Morgan fingerprint density at radius 1 is 1.47 bits per heavy atom. The Labute approximate surface area is 98.0 Å². The van der Waals surface area contributed by atoms with E-state index in [9.17, 15) is 4.79 Å². The van der Waals surface area contributed by atoms with E-state index < -0.39 is 5.91 Å². The molecule has 1 aromatic heterocycles. The highest BCUT2D eigenvalue weighted by molar-refractivity contribution is 5.95. The van der Waals surface area contributed by atoms with Gasteiger partial charge in [-0.3, -0.25) is 9.48 Å². The standard InChI is InChI=1S/C11H12N4O2/c1-15-10(13-7-14-15)6-17-9-5-3-2-4-8(9)11(12)16/h2-5,7H,6H2,1H3,(H2,12,16). The number of aryl methyl sites for hydroxylation is 1. The molecule has 0 spiro atoms. The summed E-state index contributed by atoms with van der Waals surface area (Å²) in [4.78, 5) is 15.2. The van der Waals surface area contributed by atoms with Crippen molar-refractivity contribution in [3.05, 3.63) is 42.0 Å². The number of hydrogen-bond acceptors (Lipinski definition) is 4. The molecule has 17 heavy (non-hydrogen) atoms. The summed E-state index contributed by atoms with van der Waals surface area (Å²) in [6.07, 6.45) is 1.44. The number of amides is 1. The molecule has 2 N–H and O–H groups in total. The van der Waals surface area contributed by atoms with Gasteiger partial charge in [-0.25, -0.2) is 4.98 Å². The maximum atomic E-state index is 11.2. The number of carbonyl (C=O) groups excluding carboxylic acids is 1. The Morgan fingerprint density at radius 3 is 2.88 bits per heavy atom. The third kappa shape index (κ3) is 2.41. The molecule has 6 nitrogen and oxygen atoms in total. The van der Waals surface area contributed by atoms with Gasteiger partial charge in [0.25, 0.3) is 5.91 Å². The summed E-state index contributed by atoms with van der Waals surface area (Å²) >= 11 is 0. The van der Waals surface area contributed by atoms with Crippen LogP contribution in [0.15, 0.2) is 30.6 Å². The van der Waals surface area contributed by atoms with Gasteiger partial charge in [-0.1, -0.05) is 12.1 Å². The minimum absolute atomic E-state index is 0.237. The van der Waals surface area contributed by atoms with Gasteiger partial charge >= 0.3 is 0 Å². The predicted octanol–water partition coefficient (Wildman–Crippen LogP) is 0.493. The highest BCUT2D eigenvalue weighted by Gasteiger charge is 2.09. The third-order valence-electron chi connectivity index (χ3n) is 2.31. The SMILES string of the molecule is Cn1ncnc1COc1ccccc1C(N)=O. The van der Waals surface area contributed by atoms with Crippen LogP contribution >= 0.6 is 0 Å². The highest BCUT2D eigenvalue weighted by Crippen LogP contribution is 2.18. The minimum Gasteiger partial charge on any atom is -0.485 e. The van der Waals surface area contributed by atoms with Crippen molar-refractivity contribution in [3.63, 3.8) is 0 Å². The van der Waals surface area contributed by atoms with Gasteiger partial charge in [0.15, 0.2) is 5.82 Å². The van der Waals surface area contributed by atoms with Crippen LogP contribution in [0.25, 0.3) is 0 Å². The first-order chi connectivity index (χ1) is 8.18. The van der Waals surface area contributed by atoms with E-state index in [1.165, 1.54) is 6.33 Å². The van der Waals surface area contributed by atoms with Crippen molar-refractivity contribution in [1.82, 2.24) is 14.8 Å². The van der Waals surface area contributed by atoms with Crippen LogP contribution in [0, 0.1) is 0 Å². The third-order valence-corrected chi connectivity index (χ3v) is 2.31. The number of ether oxygens (including phenoxy) is 1. The summed E-state index contributed by atoms with van der Waals surface area (Å²) in [6, 6.07) is 6.82. The molecular weight excluding hydrogens is 220 g/mol. The van der Waals surface area contributed by atoms with Crippen LogP contribution in [-0.2, 0) is 13.7 Å². The molecule has 2 rings (SSSR count). The molecule has 0 radical (unpaired) electrons. The normalized spacial score (nSPS) is 10.2. The Morgan fingerprint density at radius 2 is 2.24 bits per heavy atom. The van der Waals surface area contributed by atoms with Crippen LogP contribution in [0.3, 0.4) is 0 Å². The van der Waals surface area contributed by atoms with Gasteiger partial charge in [-0.15, -0.1) is 0 Å². The summed E-state index contributed by atoms with van der Waals surface area (Å²) in [6.45, 7) is 0.237. The van der Waals surface area contributed by atoms with Crippen LogP contribution in [0.5, 0.6) is 5.75 Å². The molecule has 0 aliphatic heterocycles. The zero-order valence-electron chi connectivity index (χ0n) is 9.33. The van der Waals surface area contributed by atoms with E-state index in [0.29, 0.717) is 17.1 Å². The number of benzene rings is 1. The van der Waals surface area contributed by atoms with Crippen molar-refractivity contribution in [2.75, 3.05) is 0 Å². The Bertz CT molecular complexity index is 536. The summed E-state index contributed by atoms with van der Waals surface area (Å²) in [5, 5.41) is 3.92. The molecule has 0 unspecified atom stereocenters. The number of hydrogen-bond donors (Lipinski definition) is 1. The summed E-state index contributed by atoms with van der Waals surface area (Å²) in [7, 11) is 1.77. The van der Waals surface area contributed by atoms with Crippen molar-refractivity contribution >= 4 is 5.91 Å². The number of primary amides is 1. The molecule has 1 aromatic carbocycles. The smallest absolute Gasteiger partial charge is 0.252 e. The fraction of sp³-hybridized carbons (Fsp3) is 0.182. The first-order valence-electron chi connectivity index (χ1n) is 5.03. The first-order valence-corrected chi connectivity index (χ1v) is 5.03. The van der Waals surface area contributed by atoms with E-state index in [1.54, 1.807) is 36.0 Å². The maximum Gasteiger partial charge on any atom is 0.252 e. The second kappa shape index (κ2) is 4.65. The lowest BCUT2D eigenvalue weighted by atomic mass is 10.2. The lowest BCUT2D eigenvalue weighted by Gasteiger charge is -2.08. The van der Waals surface area contributed by atoms with E-state index in [0.717, 1.165) is 0 Å². The van der Waals surface area contributed by atoms with Gasteiger partial charge < -0.3 is 10.5 Å². The van der Waals surface area contributed by atoms with Crippen molar-refractivity contribution in [2.45, 2.75) is 6.61 Å². The van der Waals surface area contributed by atoms with Crippen molar-refractivity contribution in [3.8, 4) is 5.75 Å². The lowest BCUT2D eigenvalue weighted by molar-refractivity contribution is 0.0995. The van der Waals surface area contributed by atoms with Gasteiger partial charge in [0, 0.05) is 7.05 Å².